The van der Waals surface area contributed by atoms with Gasteiger partial charge < -0.3 is 5.73 Å². The molecule has 0 aliphatic heterocycles. The number of benzene rings is 1. The van der Waals surface area contributed by atoms with Crippen LogP contribution in [0, 0.1) is 5.92 Å². The van der Waals surface area contributed by atoms with Gasteiger partial charge in [0.2, 0.25) is 10.0 Å². The zero-order valence-corrected chi connectivity index (χ0v) is 13.3. The third kappa shape index (κ3) is 3.94. The molecule has 1 fully saturated rings. The summed E-state index contributed by atoms with van der Waals surface area (Å²) < 4.78 is 28.0. The van der Waals surface area contributed by atoms with E-state index in [4.69, 9.17) is 5.73 Å². The molecule has 1 atom stereocenters. The summed E-state index contributed by atoms with van der Waals surface area (Å²) >= 11 is 3.26. The number of halogens is 1. The van der Waals surface area contributed by atoms with Crippen LogP contribution < -0.4 is 10.5 Å². The van der Waals surface area contributed by atoms with Crippen LogP contribution in [0.3, 0.4) is 0 Å². The summed E-state index contributed by atoms with van der Waals surface area (Å²) in [5.74, 6) is 0.697. The van der Waals surface area contributed by atoms with Gasteiger partial charge in [0.15, 0.2) is 0 Å². The van der Waals surface area contributed by atoms with E-state index in [9.17, 15) is 8.42 Å². The molecule has 2 rings (SSSR count). The first-order valence-corrected chi connectivity index (χ1v) is 8.77. The van der Waals surface area contributed by atoms with Gasteiger partial charge in [0, 0.05) is 16.2 Å². The lowest BCUT2D eigenvalue weighted by Gasteiger charge is -2.17. The zero-order chi connectivity index (χ0) is 14.0. The topological polar surface area (TPSA) is 72.2 Å². The van der Waals surface area contributed by atoms with E-state index in [2.05, 4.69) is 20.7 Å². The number of rotatable bonds is 6. The Bertz CT molecular complexity index is 556. The Labute approximate surface area is 122 Å². The van der Waals surface area contributed by atoms with Crippen LogP contribution in [0.2, 0.25) is 0 Å². The van der Waals surface area contributed by atoms with Crippen molar-refractivity contribution in [1.29, 1.82) is 0 Å². The molecule has 0 heterocycles. The van der Waals surface area contributed by atoms with E-state index in [1.807, 2.05) is 6.92 Å². The van der Waals surface area contributed by atoms with E-state index in [1.54, 1.807) is 12.1 Å². The second-order valence-electron chi connectivity index (χ2n) is 5.10. The van der Waals surface area contributed by atoms with Crippen LogP contribution in [0.1, 0.15) is 32.6 Å². The van der Waals surface area contributed by atoms with Gasteiger partial charge in [-0.3, -0.25) is 0 Å². The molecule has 1 aliphatic rings. The lowest BCUT2D eigenvalue weighted by Crippen LogP contribution is -2.34. The molecule has 106 valence electrons. The SMILES string of the molecule is CCC(CC1CC1)NS(=O)(=O)c1ccc(N)cc1Br. The fourth-order valence-corrected chi connectivity index (χ4v) is 4.50. The van der Waals surface area contributed by atoms with Crippen molar-refractivity contribution in [2.45, 2.75) is 43.5 Å². The molecule has 1 aliphatic carbocycles. The van der Waals surface area contributed by atoms with Crippen LogP contribution >= 0.6 is 15.9 Å². The molecule has 0 bridgehead atoms. The van der Waals surface area contributed by atoms with E-state index in [-0.39, 0.29) is 10.9 Å². The lowest BCUT2D eigenvalue weighted by atomic mass is 10.1. The summed E-state index contributed by atoms with van der Waals surface area (Å²) in [6, 6.07) is 4.75. The van der Waals surface area contributed by atoms with Crippen LogP contribution in [0.25, 0.3) is 0 Å². The monoisotopic (exact) mass is 346 g/mol. The molecule has 0 spiro atoms. The number of nitrogens with one attached hydrogen (secondary N) is 1. The van der Waals surface area contributed by atoms with Crippen molar-refractivity contribution < 1.29 is 8.42 Å². The van der Waals surface area contributed by atoms with Gasteiger partial charge in [-0.2, -0.15) is 0 Å². The van der Waals surface area contributed by atoms with Gasteiger partial charge in [0.05, 0.1) is 4.90 Å². The van der Waals surface area contributed by atoms with E-state index in [0.717, 1.165) is 12.8 Å². The van der Waals surface area contributed by atoms with Gasteiger partial charge in [-0.15, -0.1) is 0 Å². The normalized spacial score (nSPS) is 17.4. The average molecular weight is 347 g/mol. The van der Waals surface area contributed by atoms with Gasteiger partial charge in [0.25, 0.3) is 0 Å². The van der Waals surface area contributed by atoms with Gasteiger partial charge in [-0.05, 0) is 52.9 Å². The molecule has 3 N–H and O–H groups in total. The molecule has 0 saturated heterocycles. The Morgan fingerprint density at radius 2 is 2.16 bits per heavy atom. The van der Waals surface area contributed by atoms with Crippen LogP contribution in [0.5, 0.6) is 0 Å². The summed E-state index contributed by atoms with van der Waals surface area (Å²) in [5.41, 5.74) is 6.16. The molecule has 1 saturated carbocycles. The second kappa shape index (κ2) is 5.81. The molecule has 19 heavy (non-hydrogen) atoms. The minimum absolute atomic E-state index is 0.0157. The van der Waals surface area contributed by atoms with E-state index < -0.39 is 10.0 Å². The van der Waals surface area contributed by atoms with Gasteiger partial charge in [0.1, 0.15) is 0 Å². The van der Waals surface area contributed by atoms with E-state index in [0.29, 0.717) is 16.1 Å². The highest BCUT2D eigenvalue weighted by Gasteiger charge is 2.28. The van der Waals surface area contributed by atoms with Crippen LogP contribution in [0.15, 0.2) is 27.6 Å². The second-order valence-corrected chi connectivity index (χ2v) is 7.63. The van der Waals surface area contributed by atoms with Gasteiger partial charge in [-0.25, -0.2) is 13.1 Å². The molecular formula is C13H19BrN2O2S. The standard InChI is InChI=1S/C13H19BrN2O2S/c1-2-11(7-9-3-4-9)16-19(17,18)13-6-5-10(15)8-12(13)14/h5-6,8-9,11,16H,2-4,7,15H2,1H3. The van der Waals surface area contributed by atoms with E-state index >= 15 is 0 Å². The zero-order valence-electron chi connectivity index (χ0n) is 10.9. The highest BCUT2D eigenvalue weighted by Crippen LogP contribution is 2.34. The summed E-state index contributed by atoms with van der Waals surface area (Å²) in [6.07, 6.45) is 4.19. The smallest absolute Gasteiger partial charge is 0.241 e. The van der Waals surface area contributed by atoms with Crippen LogP contribution in [0.4, 0.5) is 5.69 Å². The summed E-state index contributed by atoms with van der Waals surface area (Å²) in [6.45, 7) is 2.01. The van der Waals surface area contributed by atoms with Crippen molar-refractivity contribution >= 4 is 31.6 Å². The number of anilines is 1. The highest BCUT2D eigenvalue weighted by molar-refractivity contribution is 9.10. The van der Waals surface area contributed by atoms with Crippen molar-refractivity contribution in [3.63, 3.8) is 0 Å². The molecule has 1 unspecified atom stereocenters. The maximum Gasteiger partial charge on any atom is 0.241 e. The number of nitrogen functional groups attached to an aromatic ring is 1. The Kier molecular flexibility index (Phi) is 4.53. The number of hydrogen-bond donors (Lipinski definition) is 2. The Morgan fingerprint density at radius 3 is 2.68 bits per heavy atom. The maximum absolute atomic E-state index is 12.4. The molecule has 6 heteroatoms. The highest BCUT2D eigenvalue weighted by atomic mass is 79.9. The van der Waals surface area contributed by atoms with E-state index in [1.165, 1.54) is 18.9 Å². The molecule has 0 amide bonds. The fourth-order valence-electron chi connectivity index (χ4n) is 2.07. The first-order valence-electron chi connectivity index (χ1n) is 6.49. The first kappa shape index (κ1) is 14.8. The predicted molar refractivity (Wildman–Crippen MR) is 80.3 cm³/mol. The van der Waals surface area contributed by atoms with Gasteiger partial charge >= 0.3 is 0 Å². The number of hydrogen-bond acceptors (Lipinski definition) is 3. The van der Waals surface area contributed by atoms with Crippen molar-refractivity contribution in [2.24, 2.45) is 5.92 Å². The van der Waals surface area contributed by atoms with Gasteiger partial charge in [-0.1, -0.05) is 19.8 Å². The largest absolute Gasteiger partial charge is 0.399 e. The Morgan fingerprint density at radius 1 is 1.47 bits per heavy atom. The molecular weight excluding hydrogens is 328 g/mol. The first-order chi connectivity index (χ1) is 8.92. The van der Waals surface area contributed by atoms with Crippen LogP contribution in [-0.2, 0) is 10.0 Å². The van der Waals surface area contributed by atoms with Crippen molar-refractivity contribution in [1.82, 2.24) is 4.72 Å². The van der Waals surface area contributed by atoms with Crippen molar-refractivity contribution in [2.75, 3.05) is 5.73 Å². The molecule has 0 radical (unpaired) electrons. The number of sulfonamides is 1. The third-order valence-corrected chi connectivity index (χ3v) is 5.87. The predicted octanol–water partition coefficient (Wildman–Crippen LogP) is 2.89. The summed E-state index contributed by atoms with van der Waals surface area (Å²) in [5, 5.41) is 0. The Hall–Kier alpha value is -0.590. The summed E-state index contributed by atoms with van der Waals surface area (Å²) in [7, 11) is -3.49. The minimum Gasteiger partial charge on any atom is -0.399 e. The van der Waals surface area contributed by atoms with Crippen LogP contribution in [-0.4, -0.2) is 14.5 Å². The maximum atomic E-state index is 12.4. The minimum atomic E-state index is -3.49. The quantitative estimate of drug-likeness (QED) is 0.778. The fraction of sp³-hybridized carbons (Fsp3) is 0.538. The third-order valence-electron chi connectivity index (χ3n) is 3.37. The molecule has 0 aromatic heterocycles. The average Bonchev–Trinajstić information content (AvgIpc) is 3.11. The lowest BCUT2D eigenvalue weighted by molar-refractivity contribution is 0.495. The molecule has 1 aromatic carbocycles. The Balaban J connectivity index is 2.15. The summed E-state index contributed by atoms with van der Waals surface area (Å²) in [4.78, 5) is 0.246. The molecule has 4 nitrogen and oxygen atoms in total. The molecule has 1 aromatic rings. The van der Waals surface area contributed by atoms with Crippen molar-refractivity contribution in [3.8, 4) is 0 Å². The van der Waals surface area contributed by atoms with Crippen molar-refractivity contribution in [3.05, 3.63) is 22.7 Å². The number of nitrogens with two attached hydrogens (primary N) is 1.